The Labute approximate surface area is 67.9 Å². The van der Waals surface area contributed by atoms with Crippen LogP contribution >= 0.6 is 0 Å². The number of ketones is 1. The predicted octanol–water partition coefficient (Wildman–Crippen LogP) is 1.92. The zero-order chi connectivity index (χ0) is 8.32. The monoisotopic (exact) mass is 156 g/mol. The summed E-state index contributed by atoms with van der Waals surface area (Å²) < 4.78 is 5.47. The van der Waals surface area contributed by atoms with Gasteiger partial charge in [-0.25, -0.2) is 0 Å². The van der Waals surface area contributed by atoms with E-state index in [0.717, 1.165) is 19.3 Å². The Bertz CT molecular complexity index is 148. The molecule has 0 aliphatic heterocycles. The molecule has 0 amide bonds. The molecular weight excluding hydrogens is 140 g/mol. The fourth-order valence-electron chi connectivity index (χ4n) is 1.60. The molecule has 0 aromatic carbocycles. The molecule has 1 rings (SSSR count). The number of hydrogen-bond donors (Lipinski definition) is 0. The van der Waals surface area contributed by atoms with E-state index in [0.29, 0.717) is 13.0 Å². The van der Waals surface area contributed by atoms with Crippen LogP contribution in [0.3, 0.4) is 0 Å². The van der Waals surface area contributed by atoms with Crippen LogP contribution in [0.15, 0.2) is 0 Å². The summed E-state index contributed by atoms with van der Waals surface area (Å²) in [7, 11) is 0. The van der Waals surface area contributed by atoms with Gasteiger partial charge in [0.05, 0.1) is 0 Å². The fourth-order valence-corrected chi connectivity index (χ4v) is 1.60. The Morgan fingerprint density at radius 1 is 1.45 bits per heavy atom. The largest absolute Gasteiger partial charge is 0.368 e. The third kappa shape index (κ3) is 1.45. The van der Waals surface area contributed by atoms with E-state index in [2.05, 4.69) is 0 Å². The van der Waals surface area contributed by atoms with Crippen molar-refractivity contribution in [3.05, 3.63) is 0 Å². The second-order valence-electron chi connectivity index (χ2n) is 3.06. The highest BCUT2D eigenvalue weighted by Gasteiger charge is 2.43. The van der Waals surface area contributed by atoms with Crippen LogP contribution in [-0.2, 0) is 9.53 Å². The number of ether oxygens (including phenoxy) is 1. The van der Waals surface area contributed by atoms with Crippen molar-refractivity contribution in [1.29, 1.82) is 0 Å². The number of carbonyl (C=O) groups excluding carboxylic acids is 1. The summed E-state index contributed by atoms with van der Waals surface area (Å²) in [6.45, 7) is 4.51. The van der Waals surface area contributed by atoms with Crippen LogP contribution < -0.4 is 0 Å². The van der Waals surface area contributed by atoms with E-state index >= 15 is 0 Å². The van der Waals surface area contributed by atoms with Gasteiger partial charge in [0.2, 0.25) is 0 Å². The molecule has 0 aromatic heterocycles. The van der Waals surface area contributed by atoms with E-state index in [4.69, 9.17) is 4.74 Å². The second kappa shape index (κ2) is 3.35. The van der Waals surface area contributed by atoms with Crippen LogP contribution in [0.25, 0.3) is 0 Å². The topological polar surface area (TPSA) is 26.3 Å². The average molecular weight is 156 g/mol. The second-order valence-corrected chi connectivity index (χ2v) is 3.06. The highest BCUT2D eigenvalue weighted by atomic mass is 16.5. The minimum Gasteiger partial charge on any atom is -0.368 e. The summed E-state index contributed by atoms with van der Waals surface area (Å²) in [6, 6.07) is 0. The van der Waals surface area contributed by atoms with Gasteiger partial charge < -0.3 is 4.74 Å². The Morgan fingerprint density at radius 2 is 2.09 bits per heavy atom. The Kier molecular flexibility index (Phi) is 2.66. The number of carbonyl (C=O) groups is 1. The van der Waals surface area contributed by atoms with E-state index in [1.165, 1.54) is 0 Å². The fraction of sp³-hybridized carbons (Fsp3) is 0.889. The summed E-state index contributed by atoms with van der Waals surface area (Å²) in [6.07, 6.45) is 3.63. The highest BCUT2D eigenvalue weighted by molar-refractivity contribution is 5.87. The normalized spacial score (nSPS) is 20.9. The molecule has 1 fully saturated rings. The summed E-state index contributed by atoms with van der Waals surface area (Å²) in [5.41, 5.74) is -0.358. The lowest BCUT2D eigenvalue weighted by Gasteiger charge is -2.39. The SMILES string of the molecule is CCOC1(C(=O)CC)CCC1. The minimum absolute atomic E-state index is 0.283. The van der Waals surface area contributed by atoms with Crippen molar-refractivity contribution >= 4 is 5.78 Å². The lowest BCUT2D eigenvalue weighted by atomic mass is 9.76. The maximum atomic E-state index is 11.4. The van der Waals surface area contributed by atoms with E-state index < -0.39 is 0 Å². The molecule has 0 bridgehead atoms. The van der Waals surface area contributed by atoms with Gasteiger partial charge in [-0.1, -0.05) is 6.92 Å². The highest BCUT2D eigenvalue weighted by Crippen LogP contribution is 2.37. The van der Waals surface area contributed by atoms with Crippen LogP contribution in [0.5, 0.6) is 0 Å². The van der Waals surface area contributed by atoms with Crippen LogP contribution in [0.1, 0.15) is 39.5 Å². The van der Waals surface area contributed by atoms with Crippen molar-refractivity contribution in [2.45, 2.75) is 45.1 Å². The first-order valence-corrected chi connectivity index (χ1v) is 4.42. The first kappa shape index (κ1) is 8.72. The van der Waals surface area contributed by atoms with Crippen molar-refractivity contribution < 1.29 is 9.53 Å². The van der Waals surface area contributed by atoms with Gasteiger partial charge in [-0.15, -0.1) is 0 Å². The van der Waals surface area contributed by atoms with Gasteiger partial charge in [-0.3, -0.25) is 4.79 Å². The van der Waals surface area contributed by atoms with Crippen molar-refractivity contribution in [2.24, 2.45) is 0 Å². The molecule has 1 aliphatic carbocycles. The Balaban J connectivity index is 2.52. The Hall–Kier alpha value is -0.370. The quantitative estimate of drug-likeness (QED) is 0.621. The van der Waals surface area contributed by atoms with Gasteiger partial charge in [0, 0.05) is 13.0 Å². The van der Waals surface area contributed by atoms with E-state index in [1.54, 1.807) is 0 Å². The smallest absolute Gasteiger partial charge is 0.164 e. The van der Waals surface area contributed by atoms with Gasteiger partial charge in [-0.2, -0.15) is 0 Å². The van der Waals surface area contributed by atoms with Crippen LogP contribution in [-0.4, -0.2) is 18.0 Å². The van der Waals surface area contributed by atoms with Crippen LogP contribution in [0.2, 0.25) is 0 Å². The molecule has 0 atom stereocenters. The first-order chi connectivity index (χ1) is 5.25. The maximum absolute atomic E-state index is 11.4. The molecule has 0 saturated heterocycles. The summed E-state index contributed by atoms with van der Waals surface area (Å²) in [5, 5.41) is 0. The van der Waals surface area contributed by atoms with Gasteiger partial charge in [0.15, 0.2) is 5.78 Å². The molecule has 0 radical (unpaired) electrons. The van der Waals surface area contributed by atoms with E-state index in [-0.39, 0.29) is 11.4 Å². The molecule has 0 aromatic rings. The molecule has 1 aliphatic rings. The van der Waals surface area contributed by atoms with Crippen LogP contribution in [0, 0.1) is 0 Å². The molecule has 1 saturated carbocycles. The lowest BCUT2D eigenvalue weighted by Crippen LogP contribution is -2.47. The molecule has 2 heteroatoms. The molecule has 0 unspecified atom stereocenters. The predicted molar refractivity (Wildman–Crippen MR) is 43.5 cm³/mol. The van der Waals surface area contributed by atoms with Gasteiger partial charge >= 0.3 is 0 Å². The standard InChI is InChI=1S/C9H16O2/c1-3-8(10)9(11-4-2)6-5-7-9/h3-7H2,1-2H3. The van der Waals surface area contributed by atoms with Gasteiger partial charge in [0.25, 0.3) is 0 Å². The average Bonchev–Trinajstić information content (AvgIpc) is 1.95. The third-order valence-corrected chi connectivity index (χ3v) is 2.41. The van der Waals surface area contributed by atoms with E-state index in [9.17, 15) is 4.79 Å². The zero-order valence-electron chi connectivity index (χ0n) is 7.35. The van der Waals surface area contributed by atoms with Crippen molar-refractivity contribution in [3.63, 3.8) is 0 Å². The van der Waals surface area contributed by atoms with Gasteiger partial charge in [-0.05, 0) is 26.2 Å². The molecule has 0 N–H and O–H groups in total. The molecular formula is C9H16O2. The number of rotatable bonds is 4. The molecule has 0 heterocycles. The molecule has 0 spiro atoms. The number of Topliss-reactive ketones (excluding diaryl/α,β-unsaturated/α-hetero) is 1. The Morgan fingerprint density at radius 3 is 2.36 bits per heavy atom. The van der Waals surface area contributed by atoms with E-state index in [1.807, 2.05) is 13.8 Å². The van der Waals surface area contributed by atoms with Gasteiger partial charge in [0.1, 0.15) is 5.60 Å². The number of hydrogen-bond acceptors (Lipinski definition) is 2. The lowest BCUT2D eigenvalue weighted by molar-refractivity contribution is -0.156. The molecule has 2 nitrogen and oxygen atoms in total. The van der Waals surface area contributed by atoms with Crippen LogP contribution in [0.4, 0.5) is 0 Å². The summed E-state index contributed by atoms with van der Waals surface area (Å²) >= 11 is 0. The van der Waals surface area contributed by atoms with Crippen molar-refractivity contribution in [1.82, 2.24) is 0 Å². The van der Waals surface area contributed by atoms with Crippen molar-refractivity contribution in [3.8, 4) is 0 Å². The summed E-state index contributed by atoms with van der Waals surface area (Å²) in [5.74, 6) is 0.283. The van der Waals surface area contributed by atoms with Crippen molar-refractivity contribution in [2.75, 3.05) is 6.61 Å². The third-order valence-electron chi connectivity index (χ3n) is 2.41. The maximum Gasteiger partial charge on any atom is 0.164 e. The molecule has 64 valence electrons. The first-order valence-electron chi connectivity index (χ1n) is 4.42. The zero-order valence-corrected chi connectivity index (χ0v) is 7.35. The summed E-state index contributed by atoms with van der Waals surface area (Å²) in [4.78, 5) is 11.4. The molecule has 11 heavy (non-hydrogen) atoms. The minimum atomic E-state index is -0.358.